The van der Waals surface area contributed by atoms with E-state index in [0.29, 0.717) is 23.5 Å². The second-order valence-electron chi connectivity index (χ2n) is 3.78. The van der Waals surface area contributed by atoms with Crippen molar-refractivity contribution >= 4 is 5.97 Å². The molecule has 1 aromatic carbocycles. The molecule has 16 heavy (non-hydrogen) atoms. The summed E-state index contributed by atoms with van der Waals surface area (Å²) >= 11 is 0. The van der Waals surface area contributed by atoms with Crippen molar-refractivity contribution in [2.45, 2.75) is 19.4 Å². The molecule has 0 bridgehead atoms. The van der Waals surface area contributed by atoms with E-state index >= 15 is 0 Å². The summed E-state index contributed by atoms with van der Waals surface area (Å²) in [6.45, 7) is 1.87. The van der Waals surface area contributed by atoms with Crippen LogP contribution < -0.4 is 9.47 Å². The second kappa shape index (κ2) is 4.04. The van der Waals surface area contributed by atoms with E-state index in [9.17, 15) is 4.79 Å². The molecule has 0 radical (unpaired) electrons. The van der Waals surface area contributed by atoms with Crippen molar-refractivity contribution in [2.75, 3.05) is 14.2 Å². The Morgan fingerprint density at radius 3 is 2.69 bits per heavy atom. The van der Waals surface area contributed by atoms with Crippen molar-refractivity contribution < 1.29 is 19.0 Å². The smallest absolute Gasteiger partial charge is 0.338 e. The normalized spacial score (nSPS) is 18.7. The fraction of sp³-hybridized carbons (Fsp3) is 0.417. The van der Waals surface area contributed by atoms with E-state index in [4.69, 9.17) is 14.2 Å². The predicted molar refractivity (Wildman–Crippen MR) is 58.1 cm³/mol. The number of carbonyl (C=O) groups is 1. The number of esters is 1. The molecule has 2 rings (SSSR count). The lowest BCUT2D eigenvalue weighted by Crippen LogP contribution is -2.25. The van der Waals surface area contributed by atoms with Crippen LogP contribution in [-0.4, -0.2) is 26.3 Å². The van der Waals surface area contributed by atoms with Gasteiger partial charge in [0.2, 0.25) is 0 Å². The molecule has 86 valence electrons. The Hall–Kier alpha value is -1.71. The van der Waals surface area contributed by atoms with Crippen molar-refractivity contribution in [3.63, 3.8) is 0 Å². The third-order valence-electron chi connectivity index (χ3n) is 2.66. The van der Waals surface area contributed by atoms with Gasteiger partial charge >= 0.3 is 5.97 Å². The molecule has 4 heteroatoms. The van der Waals surface area contributed by atoms with Gasteiger partial charge in [0.25, 0.3) is 0 Å². The van der Waals surface area contributed by atoms with Gasteiger partial charge in [0, 0.05) is 18.1 Å². The van der Waals surface area contributed by atoms with Crippen LogP contribution in [0.25, 0.3) is 0 Å². The van der Waals surface area contributed by atoms with E-state index in [1.807, 2.05) is 6.92 Å². The quantitative estimate of drug-likeness (QED) is 0.716. The van der Waals surface area contributed by atoms with Gasteiger partial charge < -0.3 is 14.2 Å². The summed E-state index contributed by atoms with van der Waals surface area (Å²) in [5.41, 5.74) is 1.43. The lowest BCUT2D eigenvalue weighted by atomic mass is 9.98. The van der Waals surface area contributed by atoms with Gasteiger partial charge in [-0.05, 0) is 13.0 Å². The van der Waals surface area contributed by atoms with Gasteiger partial charge in [0.15, 0.2) is 0 Å². The van der Waals surface area contributed by atoms with Gasteiger partial charge in [-0.2, -0.15) is 0 Å². The summed E-state index contributed by atoms with van der Waals surface area (Å²) in [6.07, 6.45) is 0.566. The maximum Gasteiger partial charge on any atom is 0.338 e. The molecule has 0 saturated carbocycles. The van der Waals surface area contributed by atoms with E-state index in [-0.39, 0.29) is 12.1 Å². The minimum absolute atomic E-state index is 0.109. The summed E-state index contributed by atoms with van der Waals surface area (Å²) in [4.78, 5) is 11.7. The molecule has 1 heterocycles. The Morgan fingerprint density at radius 1 is 1.31 bits per heavy atom. The van der Waals surface area contributed by atoms with Crippen LogP contribution in [0.1, 0.15) is 22.8 Å². The van der Waals surface area contributed by atoms with Crippen LogP contribution in [0.3, 0.4) is 0 Å². The molecule has 1 unspecified atom stereocenters. The summed E-state index contributed by atoms with van der Waals surface area (Å²) in [7, 11) is 3.14. The zero-order valence-electron chi connectivity index (χ0n) is 9.57. The topological polar surface area (TPSA) is 44.8 Å². The molecular formula is C12H14O4. The number of cyclic esters (lactones) is 1. The van der Waals surface area contributed by atoms with Gasteiger partial charge in [-0.25, -0.2) is 4.79 Å². The first kappa shape index (κ1) is 10.8. The van der Waals surface area contributed by atoms with Gasteiger partial charge in [-0.3, -0.25) is 0 Å². The highest BCUT2D eigenvalue weighted by Crippen LogP contribution is 2.33. The zero-order chi connectivity index (χ0) is 11.7. The average molecular weight is 222 g/mol. The number of methoxy groups -OCH3 is 2. The second-order valence-corrected chi connectivity index (χ2v) is 3.78. The van der Waals surface area contributed by atoms with Crippen molar-refractivity contribution in [3.05, 3.63) is 23.3 Å². The molecule has 1 atom stereocenters. The van der Waals surface area contributed by atoms with Crippen LogP contribution in [0.4, 0.5) is 0 Å². The first-order valence-corrected chi connectivity index (χ1v) is 5.11. The Kier molecular flexibility index (Phi) is 2.73. The first-order chi connectivity index (χ1) is 7.65. The van der Waals surface area contributed by atoms with E-state index in [2.05, 4.69) is 0 Å². The van der Waals surface area contributed by atoms with Gasteiger partial charge in [-0.1, -0.05) is 0 Å². The van der Waals surface area contributed by atoms with E-state index in [1.165, 1.54) is 0 Å². The van der Waals surface area contributed by atoms with Crippen LogP contribution >= 0.6 is 0 Å². The molecular weight excluding hydrogens is 208 g/mol. The summed E-state index contributed by atoms with van der Waals surface area (Å²) in [5.74, 6) is 0.964. The fourth-order valence-corrected chi connectivity index (χ4v) is 1.89. The predicted octanol–water partition coefficient (Wildman–Crippen LogP) is 1.81. The Balaban J connectivity index is 2.56. The summed E-state index contributed by atoms with van der Waals surface area (Å²) in [6, 6.07) is 3.47. The van der Waals surface area contributed by atoms with E-state index in [0.717, 1.165) is 5.56 Å². The summed E-state index contributed by atoms with van der Waals surface area (Å²) < 4.78 is 15.5. The third-order valence-corrected chi connectivity index (χ3v) is 2.66. The van der Waals surface area contributed by atoms with Gasteiger partial charge in [-0.15, -0.1) is 0 Å². The molecule has 0 fully saturated rings. The van der Waals surface area contributed by atoms with Crippen LogP contribution in [0, 0.1) is 0 Å². The highest BCUT2D eigenvalue weighted by atomic mass is 16.5. The standard InChI is InChI=1S/C12H14O4/c1-7-4-9-10(12(13)16-7)5-8(14-2)6-11(9)15-3/h5-7H,4H2,1-3H3. The number of fused-ring (bicyclic) bond motifs is 1. The molecule has 4 nitrogen and oxygen atoms in total. The molecule has 0 spiro atoms. The number of rotatable bonds is 2. The van der Waals surface area contributed by atoms with Crippen molar-refractivity contribution in [1.29, 1.82) is 0 Å². The maximum atomic E-state index is 11.7. The fourth-order valence-electron chi connectivity index (χ4n) is 1.89. The van der Waals surface area contributed by atoms with Gasteiger partial charge in [0.05, 0.1) is 19.8 Å². The lowest BCUT2D eigenvalue weighted by molar-refractivity contribution is 0.0298. The molecule has 0 N–H and O–H groups in total. The van der Waals surface area contributed by atoms with Crippen molar-refractivity contribution in [2.24, 2.45) is 0 Å². The SMILES string of the molecule is COc1cc(OC)c2c(c1)C(=O)OC(C)C2. The molecule has 0 aliphatic carbocycles. The van der Waals surface area contributed by atoms with Crippen LogP contribution in [0.15, 0.2) is 12.1 Å². The molecule has 0 saturated heterocycles. The molecule has 1 aliphatic rings. The minimum Gasteiger partial charge on any atom is -0.497 e. The molecule has 1 aromatic rings. The van der Waals surface area contributed by atoms with E-state index < -0.39 is 0 Å². The maximum absolute atomic E-state index is 11.7. The van der Waals surface area contributed by atoms with Crippen molar-refractivity contribution in [1.82, 2.24) is 0 Å². The van der Waals surface area contributed by atoms with Gasteiger partial charge in [0.1, 0.15) is 17.6 Å². The monoisotopic (exact) mass is 222 g/mol. The Bertz CT molecular complexity index is 425. The number of carbonyl (C=O) groups excluding carboxylic acids is 1. The van der Waals surface area contributed by atoms with Crippen LogP contribution in [-0.2, 0) is 11.2 Å². The number of ether oxygens (including phenoxy) is 3. The molecule has 0 aromatic heterocycles. The molecule has 1 aliphatic heterocycles. The van der Waals surface area contributed by atoms with E-state index in [1.54, 1.807) is 26.4 Å². The number of hydrogen-bond acceptors (Lipinski definition) is 4. The third kappa shape index (κ3) is 1.71. The highest BCUT2D eigenvalue weighted by molar-refractivity contribution is 5.93. The van der Waals surface area contributed by atoms with Crippen LogP contribution in [0.2, 0.25) is 0 Å². The highest BCUT2D eigenvalue weighted by Gasteiger charge is 2.27. The lowest BCUT2D eigenvalue weighted by Gasteiger charge is -2.23. The zero-order valence-corrected chi connectivity index (χ0v) is 9.57. The molecule has 0 amide bonds. The first-order valence-electron chi connectivity index (χ1n) is 5.11. The van der Waals surface area contributed by atoms with Crippen LogP contribution in [0.5, 0.6) is 11.5 Å². The Labute approximate surface area is 94.1 Å². The average Bonchev–Trinajstić information content (AvgIpc) is 2.28. The largest absolute Gasteiger partial charge is 0.497 e. The number of hydrogen-bond donors (Lipinski definition) is 0. The number of benzene rings is 1. The minimum atomic E-state index is -0.314. The Morgan fingerprint density at radius 2 is 2.06 bits per heavy atom. The van der Waals surface area contributed by atoms with Crippen molar-refractivity contribution in [3.8, 4) is 11.5 Å². The summed E-state index contributed by atoms with van der Waals surface area (Å²) in [5, 5.41) is 0.